The molecule has 0 atom stereocenters. The van der Waals surface area contributed by atoms with E-state index in [1.807, 2.05) is 0 Å². The first kappa shape index (κ1) is 18.9. The van der Waals surface area contributed by atoms with E-state index in [9.17, 15) is 14.0 Å². The van der Waals surface area contributed by atoms with E-state index in [1.54, 1.807) is 35.2 Å². The summed E-state index contributed by atoms with van der Waals surface area (Å²) in [6, 6.07) is 12.4. The van der Waals surface area contributed by atoms with Crippen LogP contribution in [-0.2, 0) is 4.74 Å². The van der Waals surface area contributed by atoms with Crippen molar-refractivity contribution in [2.75, 3.05) is 31.6 Å². The second-order valence-corrected chi connectivity index (χ2v) is 6.28. The van der Waals surface area contributed by atoms with E-state index in [0.29, 0.717) is 37.6 Å². The Balaban J connectivity index is 1.63. The fourth-order valence-corrected chi connectivity index (χ4v) is 2.87. The van der Waals surface area contributed by atoms with Crippen LogP contribution in [0.25, 0.3) is 0 Å². The van der Waals surface area contributed by atoms with Crippen LogP contribution in [-0.4, -0.2) is 48.1 Å². The van der Waals surface area contributed by atoms with Gasteiger partial charge in [0.05, 0.1) is 18.8 Å². The zero-order valence-corrected chi connectivity index (χ0v) is 15.2. The van der Waals surface area contributed by atoms with Crippen LogP contribution in [0.2, 0.25) is 0 Å². The van der Waals surface area contributed by atoms with Crippen molar-refractivity contribution in [2.45, 2.75) is 0 Å². The van der Waals surface area contributed by atoms with Crippen LogP contribution in [0, 0.1) is 5.82 Å². The molecular weight excluding hydrogens is 369 g/mol. The summed E-state index contributed by atoms with van der Waals surface area (Å²) in [5, 5.41) is 5.28. The number of thiocarbonyl (C=S) groups is 1. The lowest BCUT2D eigenvalue weighted by Crippen LogP contribution is -2.40. The van der Waals surface area contributed by atoms with E-state index in [2.05, 4.69) is 10.6 Å². The molecule has 0 bridgehead atoms. The number of morpholine rings is 1. The minimum Gasteiger partial charge on any atom is -0.378 e. The Hall–Kier alpha value is -2.84. The van der Waals surface area contributed by atoms with Crippen LogP contribution in [0.3, 0.4) is 0 Å². The first-order valence-electron chi connectivity index (χ1n) is 8.38. The van der Waals surface area contributed by atoms with Gasteiger partial charge in [-0.15, -0.1) is 0 Å². The Labute approximate surface area is 161 Å². The maximum Gasteiger partial charge on any atom is 0.260 e. The Bertz CT molecular complexity index is 869. The van der Waals surface area contributed by atoms with Crippen molar-refractivity contribution in [2.24, 2.45) is 0 Å². The van der Waals surface area contributed by atoms with E-state index < -0.39 is 11.7 Å². The Morgan fingerprint density at radius 1 is 1.07 bits per heavy atom. The molecule has 6 nitrogen and oxygen atoms in total. The molecule has 0 saturated carbocycles. The van der Waals surface area contributed by atoms with E-state index >= 15 is 0 Å². The molecule has 1 aliphatic rings. The standard InChI is InChI=1S/C19H18FN3O3S/c20-16-7-2-1-6-15(16)17(24)22-19(27)21-14-5-3-4-13(12-14)18(25)23-8-10-26-11-9-23/h1-7,12H,8-11H2,(H2,21,22,24,27). The van der Waals surface area contributed by atoms with Gasteiger partial charge >= 0.3 is 0 Å². The highest BCUT2D eigenvalue weighted by Crippen LogP contribution is 2.14. The zero-order valence-electron chi connectivity index (χ0n) is 14.4. The molecule has 8 heteroatoms. The number of halogens is 1. The van der Waals surface area contributed by atoms with Crippen molar-refractivity contribution in [3.05, 3.63) is 65.5 Å². The van der Waals surface area contributed by atoms with Crippen molar-refractivity contribution in [1.29, 1.82) is 0 Å². The summed E-state index contributed by atoms with van der Waals surface area (Å²) >= 11 is 5.11. The predicted molar refractivity (Wildman–Crippen MR) is 103 cm³/mol. The number of amides is 2. The number of hydrogen-bond acceptors (Lipinski definition) is 4. The smallest absolute Gasteiger partial charge is 0.260 e. The van der Waals surface area contributed by atoms with Gasteiger partial charge in [-0.1, -0.05) is 18.2 Å². The van der Waals surface area contributed by atoms with Gasteiger partial charge in [0, 0.05) is 24.3 Å². The Morgan fingerprint density at radius 2 is 1.81 bits per heavy atom. The zero-order chi connectivity index (χ0) is 19.2. The lowest BCUT2D eigenvalue weighted by Gasteiger charge is -2.27. The van der Waals surface area contributed by atoms with Crippen molar-refractivity contribution in [3.63, 3.8) is 0 Å². The molecule has 0 radical (unpaired) electrons. The highest BCUT2D eigenvalue weighted by Gasteiger charge is 2.19. The Morgan fingerprint density at radius 3 is 2.56 bits per heavy atom. The van der Waals surface area contributed by atoms with E-state index in [1.165, 1.54) is 18.2 Å². The van der Waals surface area contributed by atoms with Crippen molar-refractivity contribution >= 4 is 34.8 Å². The van der Waals surface area contributed by atoms with Gasteiger partial charge in [0.25, 0.3) is 11.8 Å². The predicted octanol–water partition coefficient (Wildman–Crippen LogP) is 2.42. The molecule has 0 spiro atoms. The quantitative estimate of drug-likeness (QED) is 0.792. The third-order valence-corrected chi connectivity index (χ3v) is 4.22. The summed E-state index contributed by atoms with van der Waals surface area (Å²) in [4.78, 5) is 26.4. The molecule has 0 aromatic heterocycles. The number of nitrogens with zero attached hydrogens (tertiary/aromatic N) is 1. The number of anilines is 1. The number of ether oxygens (including phenoxy) is 1. The van der Waals surface area contributed by atoms with E-state index in [4.69, 9.17) is 17.0 Å². The molecule has 2 aromatic carbocycles. The largest absolute Gasteiger partial charge is 0.378 e. The average Bonchev–Trinajstić information content (AvgIpc) is 2.68. The van der Waals surface area contributed by atoms with Gasteiger partial charge < -0.3 is 15.0 Å². The summed E-state index contributed by atoms with van der Waals surface area (Å²) in [6.45, 7) is 2.15. The highest BCUT2D eigenvalue weighted by atomic mass is 32.1. The molecule has 1 saturated heterocycles. The maximum atomic E-state index is 13.7. The average molecular weight is 387 g/mol. The minimum atomic E-state index is -0.647. The molecule has 1 heterocycles. The molecule has 2 aromatic rings. The fourth-order valence-electron chi connectivity index (χ4n) is 2.66. The van der Waals surface area contributed by atoms with Gasteiger partial charge in [0.2, 0.25) is 0 Å². The fraction of sp³-hybridized carbons (Fsp3) is 0.211. The van der Waals surface area contributed by atoms with Crippen LogP contribution in [0.15, 0.2) is 48.5 Å². The van der Waals surface area contributed by atoms with Crippen molar-refractivity contribution < 1.29 is 18.7 Å². The van der Waals surface area contributed by atoms with Gasteiger partial charge in [0.1, 0.15) is 5.82 Å². The van der Waals surface area contributed by atoms with Crippen LogP contribution in [0.1, 0.15) is 20.7 Å². The third kappa shape index (κ3) is 4.87. The van der Waals surface area contributed by atoms with E-state index in [-0.39, 0.29) is 16.6 Å². The maximum absolute atomic E-state index is 13.7. The van der Waals surface area contributed by atoms with Gasteiger partial charge in [-0.25, -0.2) is 4.39 Å². The topological polar surface area (TPSA) is 70.7 Å². The summed E-state index contributed by atoms with van der Waals surface area (Å²) in [7, 11) is 0. The SMILES string of the molecule is O=C(NC(=S)Nc1cccc(C(=O)N2CCOCC2)c1)c1ccccc1F. The molecule has 1 fully saturated rings. The van der Waals surface area contributed by atoms with Gasteiger partial charge in [-0.2, -0.15) is 0 Å². The number of carbonyl (C=O) groups excluding carboxylic acids is 2. The number of carbonyl (C=O) groups is 2. The molecule has 140 valence electrons. The monoisotopic (exact) mass is 387 g/mol. The summed E-state index contributed by atoms with van der Waals surface area (Å²) in [5.74, 6) is -1.37. The molecule has 1 aliphatic heterocycles. The van der Waals surface area contributed by atoms with E-state index in [0.717, 1.165) is 0 Å². The highest BCUT2D eigenvalue weighted by molar-refractivity contribution is 7.80. The van der Waals surface area contributed by atoms with Crippen LogP contribution in [0.4, 0.5) is 10.1 Å². The van der Waals surface area contributed by atoms with Crippen LogP contribution < -0.4 is 10.6 Å². The summed E-state index contributed by atoms with van der Waals surface area (Å²) in [5.41, 5.74) is 0.955. The first-order valence-corrected chi connectivity index (χ1v) is 8.79. The normalized spacial score (nSPS) is 13.7. The van der Waals surface area contributed by atoms with Crippen LogP contribution in [0.5, 0.6) is 0 Å². The molecule has 27 heavy (non-hydrogen) atoms. The van der Waals surface area contributed by atoms with Gasteiger partial charge in [-0.05, 0) is 42.5 Å². The lowest BCUT2D eigenvalue weighted by atomic mass is 10.1. The summed E-state index contributed by atoms with van der Waals surface area (Å²) in [6.07, 6.45) is 0. The molecule has 2 amide bonds. The van der Waals surface area contributed by atoms with Crippen molar-refractivity contribution in [3.8, 4) is 0 Å². The lowest BCUT2D eigenvalue weighted by molar-refractivity contribution is 0.0303. The molecule has 3 rings (SSSR count). The van der Waals surface area contributed by atoms with Crippen LogP contribution >= 0.6 is 12.2 Å². The number of nitrogens with one attached hydrogen (secondary N) is 2. The summed E-state index contributed by atoms with van der Waals surface area (Å²) < 4.78 is 18.9. The number of rotatable bonds is 3. The minimum absolute atomic E-state index is 0.0132. The van der Waals surface area contributed by atoms with Gasteiger partial charge in [-0.3, -0.25) is 14.9 Å². The number of hydrogen-bond donors (Lipinski definition) is 2. The molecule has 0 aliphatic carbocycles. The molecule has 0 unspecified atom stereocenters. The number of benzene rings is 2. The first-order chi connectivity index (χ1) is 13.0. The third-order valence-electron chi connectivity index (χ3n) is 4.01. The molecule has 2 N–H and O–H groups in total. The Kier molecular flexibility index (Phi) is 6.10. The second kappa shape index (κ2) is 8.70. The second-order valence-electron chi connectivity index (χ2n) is 5.87. The van der Waals surface area contributed by atoms with Gasteiger partial charge in [0.15, 0.2) is 5.11 Å². The molecular formula is C19H18FN3O3S. The van der Waals surface area contributed by atoms with Crippen molar-refractivity contribution in [1.82, 2.24) is 10.2 Å².